The molecule has 0 bridgehead atoms. The number of hydrogen-bond acceptors (Lipinski definition) is 5. The molecular formula is C6H7Cl5N4OP3+. The van der Waals surface area contributed by atoms with Gasteiger partial charge < -0.3 is 4.52 Å². The van der Waals surface area contributed by atoms with E-state index >= 15 is 0 Å². The standard InChI is InChI=1S/C6H7Cl5N4OP3/c7-14-17(9)13-19(11,15(8)18(14,10)12)16-6-4-2-1-3-5-6/h1-5H,12H2/q+1. The van der Waals surface area contributed by atoms with E-state index in [4.69, 9.17) is 67.3 Å². The largest absolute Gasteiger partial charge is 0.433 e. The maximum absolute atomic E-state index is 6.33. The normalized spacial score (nSPS) is 36.8. The van der Waals surface area contributed by atoms with Crippen molar-refractivity contribution in [3.63, 3.8) is 0 Å². The van der Waals surface area contributed by atoms with Crippen molar-refractivity contribution in [2.75, 3.05) is 0 Å². The summed E-state index contributed by atoms with van der Waals surface area (Å²) in [6, 6.07) is 8.81. The second-order valence-electron chi connectivity index (χ2n) is 3.26. The summed E-state index contributed by atoms with van der Waals surface area (Å²) in [7, 11) is -4.76. The molecule has 1 aliphatic heterocycles. The first-order chi connectivity index (χ1) is 8.77. The second kappa shape index (κ2) is 6.28. The maximum Gasteiger partial charge on any atom is 0.371 e. The Labute approximate surface area is 137 Å². The Balaban J connectivity index is 2.39. The van der Waals surface area contributed by atoms with Crippen molar-refractivity contribution < 1.29 is 4.52 Å². The van der Waals surface area contributed by atoms with Crippen LogP contribution in [0.25, 0.3) is 0 Å². The summed E-state index contributed by atoms with van der Waals surface area (Å²) in [4.78, 5) is 0. The van der Waals surface area contributed by atoms with Crippen LogP contribution in [0.3, 0.4) is 0 Å². The molecule has 2 N–H and O–H groups in total. The summed E-state index contributed by atoms with van der Waals surface area (Å²) < 4.78 is 11.7. The van der Waals surface area contributed by atoms with E-state index in [0.29, 0.717) is 5.75 Å². The Morgan fingerprint density at radius 1 is 1.32 bits per heavy atom. The Morgan fingerprint density at radius 2 is 1.89 bits per heavy atom. The third-order valence-corrected chi connectivity index (χ3v) is 16.2. The fourth-order valence-electron chi connectivity index (χ4n) is 1.14. The fraction of sp³-hybridized carbons (Fsp3) is 0. The molecular weight excluding hydrogens is 414 g/mol. The van der Waals surface area contributed by atoms with Gasteiger partial charge in [0.15, 0.2) is 11.2 Å². The zero-order valence-corrected chi connectivity index (χ0v) is 15.4. The van der Waals surface area contributed by atoms with E-state index in [1.807, 2.05) is 6.07 Å². The maximum atomic E-state index is 6.33. The average molecular weight is 421 g/mol. The molecule has 0 radical (unpaired) electrons. The molecule has 0 saturated carbocycles. The molecule has 0 aliphatic carbocycles. The number of benzene rings is 1. The lowest BCUT2D eigenvalue weighted by atomic mass is 10.3. The highest BCUT2D eigenvalue weighted by Gasteiger charge is 2.62. The minimum Gasteiger partial charge on any atom is -0.433 e. The first-order valence-electron chi connectivity index (χ1n) is 4.60. The number of rotatable bonds is 2. The SMILES string of the molecule is N[P+]1(Cl)N(Cl)P(Cl)N=P(Cl)(Oc2ccccc2)N1Cl. The van der Waals surface area contributed by atoms with Crippen molar-refractivity contribution in [1.82, 2.24) is 7.92 Å². The van der Waals surface area contributed by atoms with Crippen molar-refractivity contribution in [2.24, 2.45) is 10.0 Å². The number of halogens is 5. The van der Waals surface area contributed by atoms with Gasteiger partial charge in [-0.15, -0.1) is 0 Å². The van der Waals surface area contributed by atoms with Crippen molar-refractivity contribution in [3.05, 3.63) is 30.3 Å². The number of nitrogens with zero attached hydrogens (tertiary/aromatic N) is 3. The van der Waals surface area contributed by atoms with Gasteiger partial charge in [0, 0.05) is 31.5 Å². The number of para-hydroxylation sites is 1. The highest BCUT2D eigenvalue weighted by molar-refractivity contribution is 8.12. The predicted molar refractivity (Wildman–Crippen MR) is 87.4 cm³/mol. The van der Waals surface area contributed by atoms with Crippen LogP contribution in [-0.2, 0) is 0 Å². The van der Waals surface area contributed by atoms with Crippen LogP contribution < -0.4 is 10.0 Å². The molecule has 3 unspecified atom stereocenters. The van der Waals surface area contributed by atoms with Gasteiger partial charge in [0.25, 0.3) is 7.58 Å². The summed E-state index contributed by atoms with van der Waals surface area (Å²) in [6.45, 7) is -3.13. The van der Waals surface area contributed by atoms with E-state index in [9.17, 15) is 0 Å². The summed E-state index contributed by atoms with van der Waals surface area (Å²) >= 11 is 30.4. The quantitative estimate of drug-likeness (QED) is 0.437. The van der Waals surface area contributed by atoms with Gasteiger partial charge in [-0.2, -0.15) is 10.0 Å². The minimum absolute atomic E-state index is 0.486. The lowest BCUT2D eigenvalue weighted by Crippen LogP contribution is -2.25. The van der Waals surface area contributed by atoms with E-state index in [1.54, 1.807) is 24.3 Å². The van der Waals surface area contributed by atoms with E-state index in [0.717, 1.165) is 7.92 Å². The number of nitrogens with two attached hydrogens (primary N) is 1. The van der Waals surface area contributed by atoms with Crippen molar-refractivity contribution in [2.45, 2.75) is 0 Å². The minimum atomic E-state index is -3.13. The van der Waals surface area contributed by atoms with Gasteiger partial charge in [0.1, 0.15) is 5.75 Å². The molecule has 2 rings (SSSR count). The summed E-state index contributed by atoms with van der Waals surface area (Å²) in [5.41, 5.74) is 5.88. The first-order valence-corrected chi connectivity index (χ1v) is 12.6. The average Bonchev–Trinajstić information content (AvgIpc) is 2.36. The molecule has 0 aromatic heterocycles. The van der Waals surface area contributed by atoms with Crippen LogP contribution >= 0.6 is 78.7 Å². The lowest BCUT2D eigenvalue weighted by Gasteiger charge is -2.34. The fourth-order valence-corrected chi connectivity index (χ4v) is 13.9. The molecule has 0 fully saturated rings. The van der Waals surface area contributed by atoms with Gasteiger partial charge in [-0.05, 0) is 34.6 Å². The van der Waals surface area contributed by atoms with Crippen LogP contribution in [0.4, 0.5) is 0 Å². The summed E-state index contributed by atoms with van der Waals surface area (Å²) in [6.07, 6.45) is 0. The molecule has 3 atom stereocenters. The summed E-state index contributed by atoms with van der Waals surface area (Å²) in [5, 5.41) is 0. The second-order valence-corrected chi connectivity index (χ2v) is 14.3. The van der Waals surface area contributed by atoms with Crippen molar-refractivity contribution in [1.29, 1.82) is 0 Å². The molecule has 13 heteroatoms. The van der Waals surface area contributed by atoms with Crippen molar-refractivity contribution >= 4 is 78.7 Å². The third-order valence-electron chi connectivity index (χ3n) is 1.95. The van der Waals surface area contributed by atoms with Crippen LogP contribution in [0, 0.1) is 0 Å². The Hall–Kier alpha value is 1.44. The molecule has 0 spiro atoms. The van der Waals surface area contributed by atoms with Gasteiger partial charge in [-0.3, -0.25) is 0 Å². The third kappa shape index (κ3) is 3.44. The van der Waals surface area contributed by atoms with Crippen LogP contribution in [0.1, 0.15) is 0 Å². The van der Waals surface area contributed by atoms with E-state index in [-0.39, 0.29) is 0 Å². The molecule has 106 valence electrons. The molecule has 19 heavy (non-hydrogen) atoms. The zero-order valence-electron chi connectivity index (χ0n) is 8.95. The van der Waals surface area contributed by atoms with E-state index < -0.39 is 21.4 Å². The highest BCUT2D eigenvalue weighted by Crippen LogP contribution is 2.89. The Bertz CT molecular complexity index is 519. The lowest BCUT2D eigenvalue weighted by molar-refractivity contribution is 0.596. The van der Waals surface area contributed by atoms with E-state index in [2.05, 4.69) is 4.52 Å². The van der Waals surface area contributed by atoms with Crippen LogP contribution in [-0.4, -0.2) is 7.92 Å². The van der Waals surface area contributed by atoms with Crippen LogP contribution in [0.15, 0.2) is 34.8 Å². The smallest absolute Gasteiger partial charge is 0.371 e. The van der Waals surface area contributed by atoms with Crippen LogP contribution in [0.2, 0.25) is 0 Å². The summed E-state index contributed by atoms with van der Waals surface area (Å²) in [5.74, 6) is 0.486. The highest BCUT2D eigenvalue weighted by atomic mass is 35.7. The molecule has 1 aromatic rings. The van der Waals surface area contributed by atoms with Gasteiger partial charge in [0.2, 0.25) is 0 Å². The molecule has 0 amide bonds. The molecule has 0 saturated heterocycles. The Kier molecular flexibility index (Phi) is 5.56. The monoisotopic (exact) mass is 419 g/mol. The van der Waals surface area contributed by atoms with Gasteiger partial charge in [-0.1, -0.05) is 18.2 Å². The van der Waals surface area contributed by atoms with Crippen LogP contribution in [0.5, 0.6) is 5.75 Å². The van der Waals surface area contributed by atoms with Gasteiger partial charge in [-0.25, -0.2) is 0 Å². The number of hydrogen-bond donors (Lipinski definition) is 1. The first kappa shape index (κ1) is 16.8. The zero-order chi connectivity index (χ0) is 14.3. The molecule has 1 heterocycles. The Morgan fingerprint density at radius 3 is 2.47 bits per heavy atom. The van der Waals surface area contributed by atoms with E-state index in [1.165, 1.54) is 0 Å². The van der Waals surface area contributed by atoms with Crippen molar-refractivity contribution in [3.8, 4) is 5.75 Å². The predicted octanol–water partition coefficient (Wildman–Crippen LogP) is 6.52. The molecule has 1 aliphatic rings. The van der Waals surface area contributed by atoms with Gasteiger partial charge >= 0.3 is 13.9 Å². The molecule has 1 aromatic carbocycles. The van der Waals surface area contributed by atoms with Gasteiger partial charge in [0.05, 0.1) is 0 Å². The molecule has 5 nitrogen and oxygen atoms in total. The topological polar surface area (TPSA) is 54.1 Å².